The third-order valence-corrected chi connectivity index (χ3v) is 4.73. The Hall–Kier alpha value is -3.36. The lowest BCUT2D eigenvalue weighted by Crippen LogP contribution is -2.28. The first-order valence-corrected chi connectivity index (χ1v) is 8.57. The highest BCUT2D eigenvalue weighted by Crippen LogP contribution is 2.41. The van der Waals surface area contributed by atoms with E-state index in [2.05, 4.69) is 10.1 Å². The average molecular weight is 390 g/mol. The molecule has 0 spiro atoms. The molecule has 28 heavy (non-hydrogen) atoms. The molecule has 4 rings (SSSR count). The van der Waals surface area contributed by atoms with Gasteiger partial charge in [0.15, 0.2) is 17.6 Å². The monoisotopic (exact) mass is 390 g/mol. The van der Waals surface area contributed by atoms with Gasteiger partial charge in [-0.05, 0) is 48.2 Å². The van der Waals surface area contributed by atoms with Gasteiger partial charge in [0.1, 0.15) is 5.75 Å². The molecule has 2 aliphatic rings. The molecule has 7 nitrogen and oxygen atoms in total. The predicted molar refractivity (Wildman–Crippen MR) is 93.5 cm³/mol. The molecule has 2 amide bonds. The van der Waals surface area contributed by atoms with Crippen molar-refractivity contribution >= 4 is 17.7 Å². The first-order valence-electron chi connectivity index (χ1n) is 8.57. The van der Waals surface area contributed by atoms with Gasteiger partial charge in [-0.1, -0.05) is 6.07 Å². The number of carbonyl (C=O) groups excluding carboxylic acids is 2. The maximum Gasteiger partial charge on any atom is 0.414 e. The smallest absolute Gasteiger partial charge is 0.414 e. The minimum atomic E-state index is -3.01. The number of anilines is 1. The summed E-state index contributed by atoms with van der Waals surface area (Å²) in [6, 6.07) is 9.45. The van der Waals surface area contributed by atoms with Crippen LogP contribution in [0.1, 0.15) is 23.5 Å². The van der Waals surface area contributed by atoms with Crippen LogP contribution < -0.4 is 20.5 Å². The Labute approximate surface area is 158 Å². The summed E-state index contributed by atoms with van der Waals surface area (Å²) >= 11 is 0. The summed E-state index contributed by atoms with van der Waals surface area (Å²) < 4.78 is 40.5. The number of nitrogens with two attached hydrogens (primary N) is 1. The number of fused-ring (bicyclic) bond motifs is 1. The molecule has 2 aromatic carbocycles. The van der Waals surface area contributed by atoms with Crippen molar-refractivity contribution in [3.05, 3.63) is 47.5 Å². The lowest BCUT2D eigenvalue weighted by atomic mass is 9.95. The van der Waals surface area contributed by atoms with Crippen LogP contribution >= 0.6 is 0 Å². The van der Waals surface area contributed by atoms with Crippen LogP contribution in [0, 0.1) is 0 Å². The van der Waals surface area contributed by atoms with Crippen molar-refractivity contribution in [3.8, 4) is 17.2 Å². The van der Waals surface area contributed by atoms with Crippen LogP contribution in [0.5, 0.6) is 17.2 Å². The quantitative estimate of drug-likeness (QED) is 0.760. The van der Waals surface area contributed by atoms with Crippen LogP contribution in [-0.4, -0.2) is 24.7 Å². The van der Waals surface area contributed by atoms with Crippen LogP contribution in [0.2, 0.25) is 0 Å². The number of alkyl halides is 2. The van der Waals surface area contributed by atoms with E-state index in [0.29, 0.717) is 18.6 Å². The summed E-state index contributed by atoms with van der Waals surface area (Å²) in [4.78, 5) is 23.1. The number of amides is 2. The first-order chi connectivity index (χ1) is 13.4. The summed E-state index contributed by atoms with van der Waals surface area (Å²) in [6.07, 6.45) is -0.270. The Bertz CT molecular complexity index is 950. The molecule has 1 heterocycles. The Morgan fingerprint density at radius 2 is 1.96 bits per heavy atom. The number of nitrogen functional groups attached to an aromatic ring is 1. The highest BCUT2D eigenvalue weighted by Gasteiger charge is 2.42. The van der Waals surface area contributed by atoms with Crippen LogP contribution in [0.25, 0.3) is 0 Å². The van der Waals surface area contributed by atoms with Crippen molar-refractivity contribution in [3.63, 3.8) is 0 Å². The van der Waals surface area contributed by atoms with Gasteiger partial charge in [-0.2, -0.15) is 8.78 Å². The Kier molecular flexibility index (Phi) is 4.50. The number of hydrogen-bond acceptors (Lipinski definition) is 6. The molecular weight excluding hydrogens is 374 g/mol. The predicted octanol–water partition coefficient (Wildman–Crippen LogP) is 3.33. The minimum Gasteiger partial charge on any atom is -0.453 e. The number of halogens is 2. The second-order valence-corrected chi connectivity index (χ2v) is 6.51. The second-order valence-electron chi connectivity index (χ2n) is 6.51. The Morgan fingerprint density at radius 1 is 1.14 bits per heavy atom. The van der Waals surface area contributed by atoms with E-state index >= 15 is 0 Å². The maximum atomic E-state index is 12.6. The van der Waals surface area contributed by atoms with Crippen molar-refractivity contribution in [2.45, 2.75) is 31.5 Å². The Morgan fingerprint density at radius 3 is 2.68 bits per heavy atom. The van der Waals surface area contributed by atoms with Crippen molar-refractivity contribution < 1.29 is 32.6 Å². The van der Waals surface area contributed by atoms with Gasteiger partial charge in [0.25, 0.3) is 5.91 Å². The van der Waals surface area contributed by atoms with Crippen LogP contribution in [0.3, 0.4) is 0 Å². The number of ether oxygens (including phenoxy) is 3. The second kappa shape index (κ2) is 6.99. The molecule has 0 bridgehead atoms. The van der Waals surface area contributed by atoms with Crippen molar-refractivity contribution in [1.29, 1.82) is 0 Å². The number of hydrogen-bond donors (Lipinski definition) is 2. The summed E-state index contributed by atoms with van der Waals surface area (Å²) in [7, 11) is 0. The van der Waals surface area contributed by atoms with E-state index < -0.39 is 24.7 Å². The van der Waals surface area contributed by atoms with E-state index in [1.54, 1.807) is 18.2 Å². The van der Waals surface area contributed by atoms with E-state index in [4.69, 9.17) is 15.2 Å². The molecule has 9 heteroatoms. The largest absolute Gasteiger partial charge is 0.453 e. The normalized spacial score (nSPS) is 20.7. The van der Waals surface area contributed by atoms with E-state index in [0.717, 1.165) is 11.1 Å². The van der Waals surface area contributed by atoms with Gasteiger partial charge in [0.2, 0.25) is 0 Å². The molecule has 1 aliphatic heterocycles. The third kappa shape index (κ3) is 3.42. The van der Waals surface area contributed by atoms with E-state index in [-0.39, 0.29) is 23.1 Å². The molecule has 2 aromatic rings. The number of imide groups is 1. The lowest BCUT2D eigenvalue weighted by Gasteiger charge is -2.16. The van der Waals surface area contributed by atoms with Gasteiger partial charge in [-0.15, -0.1) is 0 Å². The number of carbonyl (C=O) groups is 2. The summed E-state index contributed by atoms with van der Waals surface area (Å²) in [5, 5.41) is 2.13. The highest BCUT2D eigenvalue weighted by molar-refractivity contribution is 6.00. The molecule has 0 saturated carbocycles. The fraction of sp³-hybridized carbons (Fsp3) is 0.263. The van der Waals surface area contributed by atoms with Crippen LogP contribution in [-0.2, 0) is 16.0 Å². The number of cyclic esters (lactones) is 1. The molecule has 146 valence electrons. The van der Waals surface area contributed by atoms with Gasteiger partial charge in [-0.25, -0.2) is 4.79 Å². The maximum absolute atomic E-state index is 12.6. The third-order valence-electron chi connectivity index (χ3n) is 4.73. The Balaban J connectivity index is 1.56. The zero-order valence-corrected chi connectivity index (χ0v) is 14.5. The summed E-state index contributed by atoms with van der Waals surface area (Å²) in [5.74, 6) is -0.309. The molecule has 3 N–H and O–H groups in total. The average Bonchev–Trinajstić information content (AvgIpc) is 3.18. The standard InChI is InChI=1S/C19H16F2N2O5/c20-18(21)27-15-8-10(22)2-6-14(15)26-11-3-5-12-9(7-11)1-4-13(12)16-17(24)23-19(25)28-16/h2-3,5-8,13,16,18H,1,4,22H2,(H,23,24,25)/t13-,16?/m1/s1. The van der Waals surface area contributed by atoms with Crippen LogP contribution in [0.15, 0.2) is 36.4 Å². The number of rotatable bonds is 5. The van der Waals surface area contributed by atoms with Gasteiger partial charge < -0.3 is 19.9 Å². The summed E-state index contributed by atoms with van der Waals surface area (Å²) in [6.45, 7) is -3.01. The van der Waals surface area contributed by atoms with Crippen molar-refractivity contribution in [1.82, 2.24) is 5.32 Å². The number of aryl methyl sites for hydroxylation is 1. The molecule has 1 fully saturated rings. The highest BCUT2D eigenvalue weighted by atomic mass is 19.3. The number of benzene rings is 2. The van der Waals surface area contributed by atoms with Gasteiger partial charge in [-0.3, -0.25) is 10.1 Å². The SMILES string of the molecule is Nc1ccc(Oc2ccc3c(c2)CC[C@H]3C2OC(=O)NC2=O)c(OC(F)F)c1. The van der Waals surface area contributed by atoms with Crippen LogP contribution in [0.4, 0.5) is 19.3 Å². The van der Waals surface area contributed by atoms with E-state index in [1.165, 1.54) is 18.2 Å². The molecule has 1 aliphatic carbocycles. The van der Waals surface area contributed by atoms with Gasteiger partial charge >= 0.3 is 12.7 Å². The lowest BCUT2D eigenvalue weighted by molar-refractivity contribution is -0.124. The number of alkyl carbamates (subject to hydrolysis) is 1. The fourth-order valence-electron chi connectivity index (χ4n) is 3.56. The van der Waals surface area contributed by atoms with Crippen molar-refractivity contribution in [2.75, 3.05) is 5.73 Å². The van der Waals surface area contributed by atoms with E-state index in [1.807, 2.05) is 0 Å². The fourth-order valence-corrected chi connectivity index (χ4v) is 3.56. The molecule has 0 radical (unpaired) electrons. The molecule has 0 aromatic heterocycles. The summed E-state index contributed by atoms with van der Waals surface area (Å²) in [5.41, 5.74) is 7.71. The molecule has 2 atom stereocenters. The van der Waals surface area contributed by atoms with Gasteiger partial charge in [0.05, 0.1) is 0 Å². The minimum absolute atomic E-state index is 0.105. The van der Waals surface area contributed by atoms with E-state index in [9.17, 15) is 18.4 Å². The zero-order chi connectivity index (χ0) is 19.8. The number of nitrogens with one attached hydrogen (secondary N) is 1. The molecule has 1 saturated heterocycles. The first kappa shape index (κ1) is 18.0. The zero-order valence-electron chi connectivity index (χ0n) is 14.5. The molecular formula is C19H16F2N2O5. The van der Waals surface area contributed by atoms with Crippen molar-refractivity contribution in [2.24, 2.45) is 0 Å². The molecule has 1 unspecified atom stereocenters. The van der Waals surface area contributed by atoms with Gasteiger partial charge in [0, 0.05) is 17.7 Å². The topological polar surface area (TPSA) is 99.9 Å².